The first-order valence-electron chi connectivity index (χ1n) is 6.03. The largest absolute Gasteiger partial charge is 0.476 e. The van der Waals surface area contributed by atoms with Gasteiger partial charge in [-0.1, -0.05) is 18.2 Å². The van der Waals surface area contributed by atoms with Gasteiger partial charge in [-0.3, -0.25) is 4.98 Å². The number of carboxylic acid groups (broad SMARTS) is 1. The number of carboxylic acids is 1. The van der Waals surface area contributed by atoms with Gasteiger partial charge in [0.15, 0.2) is 5.69 Å². The molecular formula is C14H14FN3O2. The lowest BCUT2D eigenvalue weighted by atomic mass is 10.1. The summed E-state index contributed by atoms with van der Waals surface area (Å²) in [5.41, 5.74) is 0.368. The highest BCUT2D eigenvalue weighted by Crippen LogP contribution is 2.25. The lowest BCUT2D eigenvalue weighted by molar-refractivity contribution is 0.0690. The standard InChI is InChI=1S/C14H14FN3O2/c1-9(10-5-3-4-6-11(10)15)18(2)13-8-16-7-12(17-13)14(19)20/h3-9H,1-2H3,(H,19,20). The summed E-state index contributed by atoms with van der Waals surface area (Å²) in [5, 5.41) is 8.91. The molecule has 2 rings (SSSR count). The molecule has 1 atom stereocenters. The summed E-state index contributed by atoms with van der Waals surface area (Å²) >= 11 is 0. The fourth-order valence-corrected chi connectivity index (χ4v) is 1.85. The van der Waals surface area contributed by atoms with Gasteiger partial charge in [-0.2, -0.15) is 0 Å². The predicted molar refractivity (Wildman–Crippen MR) is 72.2 cm³/mol. The minimum Gasteiger partial charge on any atom is -0.476 e. The fraction of sp³-hybridized carbons (Fsp3) is 0.214. The number of carbonyl (C=O) groups is 1. The molecule has 0 saturated carbocycles. The molecule has 1 aromatic heterocycles. The van der Waals surface area contributed by atoms with Gasteiger partial charge < -0.3 is 10.0 Å². The summed E-state index contributed by atoms with van der Waals surface area (Å²) < 4.78 is 13.8. The Morgan fingerprint density at radius 3 is 2.70 bits per heavy atom. The van der Waals surface area contributed by atoms with Crippen LogP contribution in [0.15, 0.2) is 36.7 Å². The second kappa shape index (κ2) is 5.64. The Morgan fingerprint density at radius 1 is 1.35 bits per heavy atom. The second-order valence-corrected chi connectivity index (χ2v) is 4.38. The van der Waals surface area contributed by atoms with Crippen molar-refractivity contribution in [3.63, 3.8) is 0 Å². The summed E-state index contributed by atoms with van der Waals surface area (Å²) in [6.07, 6.45) is 2.62. The quantitative estimate of drug-likeness (QED) is 0.928. The number of aromatic carboxylic acids is 1. The first-order chi connectivity index (χ1) is 9.50. The van der Waals surface area contributed by atoms with Crippen molar-refractivity contribution in [1.29, 1.82) is 0 Å². The van der Waals surface area contributed by atoms with E-state index in [1.54, 1.807) is 30.1 Å². The van der Waals surface area contributed by atoms with Crippen molar-refractivity contribution in [3.05, 3.63) is 53.7 Å². The number of benzene rings is 1. The molecule has 0 amide bonds. The van der Waals surface area contributed by atoms with Crippen LogP contribution in [-0.4, -0.2) is 28.1 Å². The first kappa shape index (κ1) is 13.9. The van der Waals surface area contributed by atoms with Crippen LogP contribution in [0.3, 0.4) is 0 Å². The zero-order valence-corrected chi connectivity index (χ0v) is 11.1. The monoisotopic (exact) mass is 275 g/mol. The van der Waals surface area contributed by atoms with Crippen LogP contribution in [-0.2, 0) is 0 Å². The molecule has 1 N–H and O–H groups in total. The van der Waals surface area contributed by atoms with E-state index in [0.717, 1.165) is 0 Å². The summed E-state index contributed by atoms with van der Waals surface area (Å²) in [4.78, 5) is 20.4. The number of halogens is 1. The van der Waals surface area contributed by atoms with Gasteiger partial charge in [0, 0.05) is 12.6 Å². The van der Waals surface area contributed by atoms with Gasteiger partial charge in [-0.15, -0.1) is 0 Å². The molecule has 1 unspecified atom stereocenters. The van der Waals surface area contributed by atoms with Crippen molar-refractivity contribution in [2.24, 2.45) is 0 Å². The van der Waals surface area contributed by atoms with Crippen molar-refractivity contribution < 1.29 is 14.3 Å². The lowest BCUT2D eigenvalue weighted by Crippen LogP contribution is -2.24. The van der Waals surface area contributed by atoms with Crippen LogP contribution in [0, 0.1) is 5.82 Å². The molecule has 0 aliphatic carbocycles. The van der Waals surface area contributed by atoms with Crippen molar-refractivity contribution >= 4 is 11.8 Å². The molecule has 1 heterocycles. The van der Waals surface area contributed by atoms with E-state index >= 15 is 0 Å². The highest BCUT2D eigenvalue weighted by molar-refractivity contribution is 5.85. The Kier molecular flexibility index (Phi) is 3.93. The fourth-order valence-electron chi connectivity index (χ4n) is 1.85. The number of rotatable bonds is 4. The Balaban J connectivity index is 2.31. The molecule has 104 valence electrons. The number of aromatic nitrogens is 2. The molecule has 1 aromatic carbocycles. The Labute approximate surface area is 115 Å². The van der Waals surface area contributed by atoms with Crippen molar-refractivity contribution in [3.8, 4) is 0 Å². The Morgan fingerprint density at radius 2 is 2.05 bits per heavy atom. The van der Waals surface area contributed by atoms with Gasteiger partial charge in [-0.25, -0.2) is 14.2 Å². The third-order valence-electron chi connectivity index (χ3n) is 3.14. The molecule has 0 radical (unpaired) electrons. The zero-order valence-electron chi connectivity index (χ0n) is 11.1. The summed E-state index contributed by atoms with van der Waals surface area (Å²) in [5.74, 6) is -1.08. The molecule has 0 saturated heterocycles. The summed E-state index contributed by atoms with van der Waals surface area (Å²) in [7, 11) is 1.72. The number of hydrogen-bond donors (Lipinski definition) is 1. The maximum atomic E-state index is 13.8. The molecule has 6 heteroatoms. The highest BCUT2D eigenvalue weighted by Gasteiger charge is 2.18. The molecule has 0 bridgehead atoms. The van der Waals surface area contributed by atoms with E-state index in [-0.39, 0.29) is 17.6 Å². The van der Waals surface area contributed by atoms with E-state index in [4.69, 9.17) is 5.11 Å². The van der Waals surface area contributed by atoms with E-state index in [1.807, 2.05) is 6.92 Å². The second-order valence-electron chi connectivity index (χ2n) is 4.38. The van der Waals surface area contributed by atoms with Crippen LogP contribution in [0.5, 0.6) is 0 Å². The van der Waals surface area contributed by atoms with Crippen molar-refractivity contribution in [1.82, 2.24) is 9.97 Å². The highest BCUT2D eigenvalue weighted by atomic mass is 19.1. The smallest absolute Gasteiger partial charge is 0.356 e. The Hall–Kier alpha value is -2.50. The van der Waals surface area contributed by atoms with Gasteiger partial charge >= 0.3 is 5.97 Å². The molecule has 0 aliphatic heterocycles. The van der Waals surface area contributed by atoms with Crippen LogP contribution in [0.4, 0.5) is 10.2 Å². The lowest BCUT2D eigenvalue weighted by Gasteiger charge is -2.26. The number of anilines is 1. The maximum absolute atomic E-state index is 13.8. The summed E-state index contributed by atoms with van der Waals surface area (Å²) in [6.45, 7) is 1.81. The predicted octanol–water partition coefficient (Wildman–Crippen LogP) is 2.51. The first-order valence-corrected chi connectivity index (χ1v) is 6.03. The summed E-state index contributed by atoms with van der Waals surface area (Å²) in [6, 6.07) is 6.15. The van der Waals surface area contributed by atoms with Crippen LogP contribution in [0.1, 0.15) is 29.0 Å². The van der Waals surface area contributed by atoms with Crippen LogP contribution >= 0.6 is 0 Å². The van der Waals surface area contributed by atoms with Gasteiger partial charge in [-0.05, 0) is 13.0 Å². The molecule has 0 aliphatic rings. The molecule has 5 nitrogen and oxygen atoms in total. The van der Waals surface area contributed by atoms with E-state index in [1.165, 1.54) is 18.5 Å². The SMILES string of the molecule is CC(c1ccccc1F)N(C)c1cncc(C(=O)O)n1. The van der Waals surface area contributed by atoms with E-state index in [0.29, 0.717) is 11.4 Å². The number of hydrogen-bond acceptors (Lipinski definition) is 4. The minimum atomic E-state index is -1.15. The molecular weight excluding hydrogens is 261 g/mol. The molecule has 20 heavy (non-hydrogen) atoms. The normalized spacial score (nSPS) is 11.9. The average Bonchev–Trinajstić information content (AvgIpc) is 2.46. The minimum absolute atomic E-state index is 0.143. The maximum Gasteiger partial charge on any atom is 0.356 e. The molecule has 2 aromatic rings. The van der Waals surface area contributed by atoms with E-state index in [9.17, 15) is 9.18 Å². The number of nitrogens with zero attached hydrogens (tertiary/aromatic N) is 3. The van der Waals surface area contributed by atoms with Crippen molar-refractivity contribution in [2.75, 3.05) is 11.9 Å². The molecule has 0 fully saturated rings. The van der Waals surface area contributed by atoms with Gasteiger partial charge in [0.25, 0.3) is 0 Å². The third-order valence-corrected chi connectivity index (χ3v) is 3.14. The topological polar surface area (TPSA) is 66.3 Å². The Bertz CT molecular complexity index is 633. The average molecular weight is 275 g/mol. The van der Waals surface area contributed by atoms with Gasteiger partial charge in [0.2, 0.25) is 0 Å². The van der Waals surface area contributed by atoms with E-state index in [2.05, 4.69) is 9.97 Å². The molecule has 0 spiro atoms. The van der Waals surface area contributed by atoms with Crippen LogP contribution in [0.2, 0.25) is 0 Å². The van der Waals surface area contributed by atoms with Gasteiger partial charge in [0.1, 0.15) is 11.6 Å². The zero-order chi connectivity index (χ0) is 14.7. The van der Waals surface area contributed by atoms with Crippen molar-refractivity contribution in [2.45, 2.75) is 13.0 Å². The van der Waals surface area contributed by atoms with Crippen LogP contribution < -0.4 is 4.90 Å². The van der Waals surface area contributed by atoms with Crippen LogP contribution in [0.25, 0.3) is 0 Å². The van der Waals surface area contributed by atoms with Gasteiger partial charge in [0.05, 0.1) is 18.4 Å². The third kappa shape index (κ3) is 2.74. The van der Waals surface area contributed by atoms with E-state index < -0.39 is 5.97 Å².